The van der Waals surface area contributed by atoms with Crippen LogP contribution in [0.15, 0.2) is 63.7 Å². The third-order valence-electron chi connectivity index (χ3n) is 4.33. The quantitative estimate of drug-likeness (QED) is 0.440. The van der Waals surface area contributed by atoms with Crippen molar-refractivity contribution in [1.82, 2.24) is 10.6 Å². The van der Waals surface area contributed by atoms with Crippen LogP contribution < -0.4 is 16.0 Å². The molecule has 0 aliphatic carbocycles. The van der Waals surface area contributed by atoms with Crippen LogP contribution in [0.3, 0.4) is 0 Å². The van der Waals surface area contributed by atoms with Gasteiger partial charge in [0, 0.05) is 29.9 Å². The second-order valence-corrected chi connectivity index (χ2v) is 7.39. The molecule has 1 aromatic heterocycles. The molecule has 3 aromatic rings. The summed E-state index contributed by atoms with van der Waals surface area (Å²) in [4.78, 5) is 36.3. The van der Waals surface area contributed by atoms with E-state index in [2.05, 4.69) is 31.9 Å². The molecule has 0 bridgehead atoms. The van der Waals surface area contributed by atoms with Crippen molar-refractivity contribution in [3.05, 3.63) is 87.5 Å². The van der Waals surface area contributed by atoms with Crippen molar-refractivity contribution >= 4 is 39.3 Å². The molecule has 160 valence electrons. The van der Waals surface area contributed by atoms with Crippen LogP contribution in [0, 0.1) is 12.7 Å². The maximum Gasteiger partial charge on any atom is 0.291 e. The SMILES string of the molecule is Cc1ccc(C(=O)NCCNC(=O)c2ccc(NC(=O)c3ccc(Br)o3)cc2)cc1F. The van der Waals surface area contributed by atoms with Crippen molar-refractivity contribution < 1.29 is 23.2 Å². The molecule has 7 nitrogen and oxygen atoms in total. The smallest absolute Gasteiger partial charge is 0.291 e. The Balaban J connectivity index is 1.44. The topological polar surface area (TPSA) is 100 Å². The predicted molar refractivity (Wildman–Crippen MR) is 117 cm³/mol. The molecule has 2 aromatic carbocycles. The first kappa shape index (κ1) is 22.2. The molecule has 9 heteroatoms. The van der Waals surface area contributed by atoms with Crippen LogP contribution >= 0.6 is 15.9 Å². The van der Waals surface area contributed by atoms with Crippen molar-refractivity contribution in [1.29, 1.82) is 0 Å². The molecule has 0 atom stereocenters. The third-order valence-corrected chi connectivity index (χ3v) is 4.76. The van der Waals surface area contributed by atoms with Crippen LogP contribution in [0.2, 0.25) is 0 Å². The van der Waals surface area contributed by atoms with Gasteiger partial charge in [-0.05, 0) is 76.9 Å². The molecule has 3 N–H and O–H groups in total. The number of amides is 3. The van der Waals surface area contributed by atoms with Crippen LogP contribution in [0.25, 0.3) is 0 Å². The van der Waals surface area contributed by atoms with E-state index >= 15 is 0 Å². The van der Waals surface area contributed by atoms with Crippen LogP contribution in [0.1, 0.15) is 36.8 Å². The maximum atomic E-state index is 13.5. The number of carbonyl (C=O) groups excluding carboxylic acids is 3. The zero-order chi connectivity index (χ0) is 22.4. The van der Waals surface area contributed by atoms with Crippen LogP contribution in [0.5, 0.6) is 0 Å². The Hall–Kier alpha value is -3.46. The molecule has 0 saturated heterocycles. The van der Waals surface area contributed by atoms with Gasteiger partial charge in [0.2, 0.25) is 0 Å². The van der Waals surface area contributed by atoms with Gasteiger partial charge in [0.15, 0.2) is 10.4 Å². The van der Waals surface area contributed by atoms with Crippen molar-refractivity contribution in [2.45, 2.75) is 6.92 Å². The number of rotatable bonds is 7. The minimum absolute atomic E-state index is 0.157. The van der Waals surface area contributed by atoms with Gasteiger partial charge in [-0.2, -0.15) is 0 Å². The van der Waals surface area contributed by atoms with E-state index in [4.69, 9.17) is 4.42 Å². The van der Waals surface area contributed by atoms with Gasteiger partial charge in [-0.1, -0.05) is 6.07 Å². The summed E-state index contributed by atoms with van der Waals surface area (Å²) in [6.45, 7) is 2.00. The van der Waals surface area contributed by atoms with Gasteiger partial charge < -0.3 is 20.4 Å². The van der Waals surface area contributed by atoms with Crippen LogP contribution in [-0.2, 0) is 0 Å². The maximum absolute atomic E-state index is 13.5. The highest BCUT2D eigenvalue weighted by molar-refractivity contribution is 9.10. The molecule has 0 saturated carbocycles. The lowest BCUT2D eigenvalue weighted by Gasteiger charge is -2.09. The lowest BCUT2D eigenvalue weighted by molar-refractivity contribution is 0.0927. The minimum Gasteiger partial charge on any atom is -0.444 e. The first-order valence-electron chi connectivity index (χ1n) is 9.33. The standard InChI is InChI=1S/C22H19BrFN3O4/c1-13-2-3-15(12-17(13)24)21(29)26-11-10-25-20(28)14-4-6-16(7-5-14)27-22(30)18-8-9-19(23)31-18/h2-9,12H,10-11H2,1H3,(H,25,28)(H,26,29)(H,27,30). The summed E-state index contributed by atoms with van der Waals surface area (Å²) in [5, 5.41) is 7.97. The molecule has 31 heavy (non-hydrogen) atoms. The summed E-state index contributed by atoms with van der Waals surface area (Å²) in [6.07, 6.45) is 0. The Morgan fingerprint density at radius 2 is 1.48 bits per heavy atom. The summed E-state index contributed by atoms with van der Waals surface area (Å²) in [6, 6.07) is 13.7. The van der Waals surface area contributed by atoms with Crippen molar-refractivity contribution in [2.24, 2.45) is 0 Å². The van der Waals surface area contributed by atoms with E-state index in [-0.39, 0.29) is 30.3 Å². The lowest BCUT2D eigenvalue weighted by Crippen LogP contribution is -2.34. The summed E-state index contributed by atoms with van der Waals surface area (Å²) >= 11 is 3.13. The highest BCUT2D eigenvalue weighted by Gasteiger charge is 2.12. The van der Waals surface area contributed by atoms with Gasteiger partial charge >= 0.3 is 0 Å². The molecule has 3 rings (SSSR count). The van der Waals surface area contributed by atoms with Gasteiger partial charge in [-0.3, -0.25) is 14.4 Å². The molecular weight excluding hydrogens is 469 g/mol. The number of anilines is 1. The second-order valence-electron chi connectivity index (χ2n) is 6.61. The van der Waals surface area contributed by atoms with E-state index in [9.17, 15) is 18.8 Å². The predicted octanol–water partition coefficient (Wildman–Crippen LogP) is 3.90. The summed E-state index contributed by atoms with van der Waals surface area (Å²) in [7, 11) is 0. The molecule has 0 aliphatic heterocycles. The molecule has 0 fully saturated rings. The van der Waals surface area contributed by atoms with E-state index in [1.54, 1.807) is 37.3 Å². The highest BCUT2D eigenvalue weighted by atomic mass is 79.9. The fourth-order valence-corrected chi connectivity index (χ4v) is 2.93. The number of furan rings is 1. The molecule has 0 aliphatic rings. The normalized spacial score (nSPS) is 10.4. The fourth-order valence-electron chi connectivity index (χ4n) is 2.62. The average molecular weight is 488 g/mol. The van der Waals surface area contributed by atoms with E-state index < -0.39 is 17.6 Å². The van der Waals surface area contributed by atoms with E-state index in [0.29, 0.717) is 21.5 Å². The fraction of sp³-hybridized carbons (Fsp3) is 0.136. The Morgan fingerprint density at radius 1 is 0.871 bits per heavy atom. The first-order valence-corrected chi connectivity index (χ1v) is 10.1. The zero-order valence-corrected chi connectivity index (χ0v) is 18.1. The van der Waals surface area contributed by atoms with Gasteiger partial charge in [0.1, 0.15) is 5.82 Å². The van der Waals surface area contributed by atoms with E-state index in [0.717, 1.165) is 0 Å². The number of benzene rings is 2. The number of halogens is 2. The Morgan fingerprint density at radius 3 is 2.06 bits per heavy atom. The average Bonchev–Trinajstić information content (AvgIpc) is 3.20. The van der Waals surface area contributed by atoms with Crippen LogP contribution in [-0.4, -0.2) is 30.8 Å². The van der Waals surface area contributed by atoms with Crippen LogP contribution in [0.4, 0.5) is 10.1 Å². The molecule has 1 heterocycles. The molecule has 3 amide bonds. The first-order chi connectivity index (χ1) is 14.8. The highest BCUT2D eigenvalue weighted by Crippen LogP contribution is 2.16. The monoisotopic (exact) mass is 487 g/mol. The van der Waals surface area contributed by atoms with Crippen molar-refractivity contribution in [2.75, 3.05) is 18.4 Å². The number of carbonyl (C=O) groups is 3. The minimum atomic E-state index is -0.447. The van der Waals surface area contributed by atoms with E-state index in [1.165, 1.54) is 24.3 Å². The van der Waals surface area contributed by atoms with E-state index in [1.807, 2.05) is 0 Å². The summed E-state index contributed by atoms with van der Waals surface area (Å²) in [5.41, 5.74) is 1.58. The zero-order valence-electron chi connectivity index (χ0n) is 16.5. The summed E-state index contributed by atoms with van der Waals surface area (Å²) in [5.74, 6) is -1.45. The Kier molecular flexibility index (Phi) is 7.19. The molecule has 0 unspecified atom stereocenters. The summed E-state index contributed by atoms with van der Waals surface area (Å²) < 4.78 is 19.2. The molecular formula is C22H19BrFN3O4. The number of hydrogen-bond donors (Lipinski definition) is 3. The Labute approximate surface area is 186 Å². The number of nitrogens with one attached hydrogen (secondary N) is 3. The Bertz CT molecular complexity index is 1110. The molecule has 0 radical (unpaired) electrons. The lowest BCUT2D eigenvalue weighted by atomic mass is 10.1. The largest absolute Gasteiger partial charge is 0.444 e. The van der Waals surface area contributed by atoms with Gasteiger partial charge in [0.25, 0.3) is 17.7 Å². The van der Waals surface area contributed by atoms with Crippen molar-refractivity contribution in [3.8, 4) is 0 Å². The van der Waals surface area contributed by atoms with Gasteiger partial charge in [-0.15, -0.1) is 0 Å². The van der Waals surface area contributed by atoms with Gasteiger partial charge in [-0.25, -0.2) is 4.39 Å². The molecule has 0 spiro atoms. The number of hydrogen-bond acceptors (Lipinski definition) is 4. The number of aryl methyl sites for hydroxylation is 1. The van der Waals surface area contributed by atoms with Crippen molar-refractivity contribution in [3.63, 3.8) is 0 Å². The van der Waals surface area contributed by atoms with Gasteiger partial charge in [0.05, 0.1) is 0 Å². The third kappa shape index (κ3) is 6.02. The second kappa shape index (κ2) is 10.0.